The molecule has 9 nitrogen and oxygen atoms in total. The molecular formula is C25H20Cl5F2N4O5S2+. The third-order valence-electron chi connectivity index (χ3n) is 5.61. The van der Waals surface area contributed by atoms with Crippen LogP contribution in [-0.4, -0.2) is 30.8 Å². The molecule has 18 heteroatoms. The van der Waals surface area contributed by atoms with Crippen molar-refractivity contribution in [3.8, 4) is 5.75 Å². The van der Waals surface area contributed by atoms with Gasteiger partial charge in [0.2, 0.25) is 0 Å². The van der Waals surface area contributed by atoms with Crippen molar-refractivity contribution in [2.45, 2.75) is 20.8 Å². The summed E-state index contributed by atoms with van der Waals surface area (Å²) in [5.41, 5.74) is 2.22. The van der Waals surface area contributed by atoms with Gasteiger partial charge in [-0.05, 0) is 50.2 Å². The van der Waals surface area contributed by atoms with E-state index in [2.05, 4.69) is 14.2 Å². The van der Waals surface area contributed by atoms with Gasteiger partial charge in [0.25, 0.3) is 5.82 Å². The van der Waals surface area contributed by atoms with Crippen LogP contribution in [0.15, 0.2) is 48.8 Å². The van der Waals surface area contributed by atoms with E-state index in [0.29, 0.717) is 41.5 Å². The zero-order chi connectivity index (χ0) is 32.4. The first-order valence-electron chi connectivity index (χ1n) is 11.6. The predicted octanol–water partition coefficient (Wildman–Crippen LogP) is 7.63. The van der Waals surface area contributed by atoms with E-state index in [1.165, 1.54) is 23.8 Å². The van der Waals surface area contributed by atoms with Gasteiger partial charge in [0, 0.05) is 29.1 Å². The van der Waals surface area contributed by atoms with Crippen LogP contribution in [0.3, 0.4) is 0 Å². The zero-order valence-electron chi connectivity index (χ0n) is 22.4. The van der Waals surface area contributed by atoms with Gasteiger partial charge in [-0.1, -0.05) is 69.7 Å². The first kappa shape index (κ1) is 35.0. The number of aryl methyl sites for hydroxylation is 3. The molecule has 0 saturated heterocycles. The van der Waals surface area contributed by atoms with Crippen molar-refractivity contribution in [2.24, 2.45) is 7.05 Å². The molecule has 2 aromatic carbocycles. The number of imidazole rings is 1. The Morgan fingerprint density at radius 1 is 0.767 bits per heavy atom. The van der Waals surface area contributed by atoms with Gasteiger partial charge < -0.3 is 4.18 Å². The molecule has 3 aromatic heterocycles. The zero-order valence-corrected chi connectivity index (χ0v) is 27.8. The molecule has 43 heavy (non-hydrogen) atoms. The minimum Gasteiger partial charge on any atom is -0.354 e. The second-order valence-electron chi connectivity index (χ2n) is 8.69. The number of benzene rings is 2. The van der Waals surface area contributed by atoms with Crippen molar-refractivity contribution in [3.63, 3.8) is 0 Å². The first-order chi connectivity index (χ1) is 19.8. The number of pyridine rings is 2. The van der Waals surface area contributed by atoms with E-state index >= 15 is 0 Å². The van der Waals surface area contributed by atoms with Gasteiger partial charge in [0.15, 0.2) is 5.75 Å². The highest BCUT2D eigenvalue weighted by atomic mass is 35.5. The standard InChI is InChI=1S/C10H6Cl3N.C10H6Cl2FNO3S.C5H8FN2O2S/c1-5-2-3-6-7(11)4-8(12)9(13)10(6)14-5;1-5-2-3-6-7(11)4-8(12)10(9(6)14-5)17-18(13,15)16;1-5-7(2)3-4-8(5)11(6,9)10/h2-4H,1H3;2-4H,1H3;3-4H,1-2H3/q;;+1. The highest BCUT2D eigenvalue weighted by molar-refractivity contribution is 7.84. The molecule has 3 heterocycles. The van der Waals surface area contributed by atoms with Gasteiger partial charge in [0.1, 0.15) is 17.9 Å². The smallest absolute Gasteiger partial charge is 0.354 e. The number of hydrogen-bond acceptors (Lipinski definition) is 7. The molecule has 0 radical (unpaired) electrons. The highest BCUT2D eigenvalue weighted by Crippen LogP contribution is 2.38. The fraction of sp³-hybridized carbons (Fsp3) is 0.160. The third kappa shape index (κ3) is 8.78. The molecule has 0 aliphatic rings. The van der Waals surface area contributed by atoms with E-state index in [-0.39, 0.29) is 21.3 Å². The van der Waals surface area contributed by atoms with Gasteiger partial charge in [-0.25, -0.2) is 9.55 Å². The fourth-order valence-corrected chi connectivity index (χ4v) is 5.84. The Morgan fingerprint density at radius 3 is 1.70 bits per heavy atom. The summed E-state index contributed by atoms with van der Waals surface area (Å²) in [5.74, 6) is -0.0465. The van der Waals surface area contributed by atoms with Crippen molar-refractivity contribution < 1.29 is 33.4 Å². The van der Waals surface area contributed by atoms with E-state index < -0.39 is 20.9 Å². The van der Waals surface area contributed by atoms with Crippen molar-refractivity contribution in [1.82, 2.24) is 13.9 Å². The highest BCUT2D eigenvalue weighted by Gasteiger charge is 2.22. The lowest BCUT2D eigenvalue weighted by atomic mass is 10.2. The lowest BCUT2D eigenvalue weighted by Crippen LogP contribution is -2.30. The monoisotopic (exact) mass is 733 g/mol. The molecule has 0 atom stereocenters. The van der Waals surface area contributed by atoms with E-state index in [1.807, 2.05) is 19.1 Å². The molecule has 0 amide bonds. The fourth-order valence-electron chi connectivity index (χ4n) is 3.51. The summed E-state index contributed by atoms with van der Waals surface area (Å²) in [4.78, 5) is 8.35. The molecule has 5 aromatic rings. The molecule has 0 fully saturated rings. The maximum Gasteiger partial charge on any atom is 0.488 e. The van der Waals surface area contributed by atoms with Gasteiger partial charge in [-0.15, -0.1) is 0 Å². The summed E-state index contributed by atoms with van der Waals surface area (Å²) in [6.07, 6.45) is 2.62. The minimum atomic E-state index is -5.18. The maximum atomic E-state index is 12.6. The van der Waals surface area contributed by atoms with Crippen LogP contribution in [0.2, 0.25) is 25.1 Å². The Hall–Kier alpha value is -2.52. The van der Waals surface area contributed by atoms with E-state index in [1.54, 1.807) is 32.2 Å². The summed E-state index contributed by atoms with van der Waals surface area (Å²) in [5, 5.41) is 2.84. The van der Waals surface area contributed by atoms with Crippen LogP contribution < -0.4 is 8.75 Å². The Labute approximate surface area is 271 Å². The summed E-state index contributed by atoms with van der Waals surface area (Å²) in [7, 11) is -8.17. The Bertz CT molecular complexity index is 2080. The predicted molar refractivity (Wildman–Crippen MR) is 164 cm³/mol. The number of rotatable bonds is 3. The third-order valence-corrected chi connectivity index (χ3v) is 8.52. The molecule has 0 N–H and O–H groups in total. The maximum absolute atomic E-state index is 12.6. The molecule has 0 unspecified atom stereocenters. The average molecular weight is 736 g/mol. The summed E-state index contributed by atoms with van der Waals surface area (Å²) in [6, 6.07) is 9.97. The Kier molecular flexibility index (Phi) is 11.1. The topological polar surface area (TPSA) is 112 Å². The second-order valence-corrected chi connectivity index (χ2v) is 12.9. The lowest BCUT2D eigenvalue weighted by molar-refractivity contribution is -0.676. The normalized spacial score (nSPS) is 11.5. The van der Waals surface area contributed by atoms with E-state index in [9.17, 15) is 24.6 Å². The number of nitrogens with zero attached hydrogens (tertiary/aromatic N) is 4. The van der Waals surface area contributed by atoms with Crippen molar-refractivity contribution >= 4 is 101 Å². The molecule has 0 aliphatic carbocycles. The molecule has 0 saturated carbocycles. The molecule has 5 rings (SSSR count). The quantitative estimate of drug-likeness (QED) is 0.106. The molecule has 0 spiro atoms. The van der Waals surface area contributed by atoms with Gasteiger partial charge in [-0.2, -0.15) is 16.8 Å². The van der Waals surface area contributed by atoms with E-state index in [0.717, 1.165) is 17.3 Å². The van der Waals surface area contributed by atoms with Gasteiger partial charge >= 0.3 is 20.9 Å². The second kappa shape index (κ2) is 13.6. The van der Waals surface area contributed by atoms with Crippen LogP contribution in [0.1, 0.15) is 17.2 Å². The van der Waals surface area contributed by atoms with Crippen molar-refractivity contribution in [2.75, 3.05) is 0 Å². The summed E-state index contributed by atoms with van der Waals surface area (Å²) >= 11 is 29.6. The van der Waals surface area contributed by atoms with Crippen molar-refractivity contribution in [3.05, 3.63) is 91.1 Å². The van der Waals surface area contributed by atoms with Crippen molar-refractivity contribution in [1.29, 1.82) is 0 Å². The lowest BCUT2D eigenvalue weighted by Gasteiger charge is -2.08. The number of halogens is 7. The molecule has 0 bridgehead atoms. The summed E-state index contributed by atoms with van der Waals surface area (Å²) < 4.78 is 73.0. The average Bonchev–Trinajstić information content (AvgIpc) is 3.23. The molecular weight excluding hydrogens is 716 g/mol. The van der Waals surface area contributed by atoms with Crippen LogP contribution in [0, 0.1) is 20.8 Å². The summed E-state index contributed by atoms with van der Waals surface area (Å²) in [6.45, 7) is 5.09. The largest absolute Gasteiger partial charge is 0.488 e. The van der Waals surface area contributed by atoms with E-state index in [4.69, 9.17) is 58.0 Å². The van der Waals surface area contributed by atoms with Crippen LogP contribution in [0.4, 0.5) is 7.77 Å². The Balaban J connectivity index is 0.000000182. The SMILES string of the molecule is Cc1ccc2c(Cl)cc(Cl)c(Cl)c2n1.Cc1ccc2c(Cl)cc(Cl)c(OS(=O)(=O)F)c2n1.Cc1n(S(=O)(=O)F)cc[n+]1C. The van der Waals surface area contributed by atoms with Gasteiger partial charge in [-0.3, -0.25) is 4.98 Å². The molecule has 230 valence electrons. The Morgan fingerprint density at radius 2 is 1.26 bits per heavy atom. The minimum absolute atomic E-state index is 0.0914. The number of fused-ring (bicyclic) bond motifs is 2. The van der Waals surface area contributed by atoms with Crippen LogP contribution in [-0.2, 0) is 28.0 Å². The van der Waals surface area contributed by atoms with Gasteiger partial charge in [0.05, 0.1) is 37.7 Å². The van der Waals surface area contributed by atoms with Crippen LogP contribution in [0.25, 0.3) is 21.8 Å². The first-order valence-corrected chi connectivity index (χ1v) is 16.1. The van der Waals surface area contributed by atoms with Crippen LogP contribution >= 0.6 is 58.0 Å². The number of hydrogen-bond donors (Lipinski definition) is 0. The van der Waals surface area contributed by atoms with Crippen LogP contribution in [0.5, 0.6) is 5.75 Å². The number of aromatic nitrogens is 4. The molecule has 0 aliphatic heterocycles.